The lowest BCUT2D eigenvalue weighted by atomic mass is 10.1. The predicted octanol–water partition coefficient (Wildman–Crippen LogP) is 3.23. The zero-order chi connectivity index (χ0) is 19.8. The Morgan fingerprint density at radius 3 is 2.26 bits per heavy atom. The van der Waals surface area contributed by atoms with Gasteiger partial charge in [-0.25, -0.2) is 0 Å². The Hall–Kier alpha value is -3.02. The van der Waals surface area contributed by atoms with Gasteiger partial charge in [0.1, 0.15) is 0 Å². The number of benzene rings is 2. The molecule has 1 atom stereocenters. The predicted molar refractivity (Wildman–Crippen MR) is 103 cm³/mol. The third kappa shape index (κ3) is 5.23. The van der Waals surface area contributed by atoms with E-state index in [1.165, 1.54) is 7.11 Å². The number of carbonyl (C=O) groups excluding carboxylic acids is 2. The first kappa shape index (κ1) is 20.3. The van der Waals surface area contributed by atoms with E-state index in [0.29, 0.717) is 23.6 Å². The number of amides is 1. The molecule has 0 aromatic heterocycles. The van der Waals surface area contributed by atoms with Gasteiger partial charge in [-0.3, -0.25) is 9.59 Å². The van der Waals surface area contributed by atoms with Crippen molar-refractivity contribution >= 4 is 17.6 Å². The maximum Gasteiger partial charge on any atom is 0.311 e. The fourth-order valence-corrected chi connectivity index (χ4v) is 2.74. The second-order valence-electron chi connectivity index (χ2n) is 5.92. The van der Waals surface area contributed by atoms with E-state index in [4.69, 9.17) is 14.2 Å². The first-order chi connectivity index (χ1) is 13.0. The van der Waals surface area contributed by atoms with Crippen LogP contribution in [0.25, 0.3) is 0 Å². The lowest BCUT2D eigenvalue weighted by Crippen LogP contribution is -2.40. The summed E-state index contributed by atoms with van der Waals surface area (Å²) in [5.41, 5.74) is 1.49. The Kier molecular flexibility index (Phi) is 7.23. The Morgan fingerprint density at radius 2 is 1.67 bits per heavy atom. The van der Waals surface area contributed by atoms with Crippen LogP contribution < -0.4 is 14.4 Å². The van der Waals surface area contributed by atoms with Gasteiger partial charge in [0.25, 0.3) is 5.91 Å². The van der Waals surface area contributed by atoms with E-state index in [2.05, 4.69) is 0 Å². The van der Waals surface area contributed by atoms with Gasteiger partial charge in [-0.1, -0.05) is 24.3 Å². The fraction of sp³-hybridized carbons (Fsp3) is 0.333. The molecule has 1 amide bonds. The van der Waals surface area contributed by atoms with Crippen molar-refractivity contribution in [3.8, 4) is 11.5 Å². The van der Waals surface area contributed by atoms with E-state index in [1.54, 1.807) is 37.1 Å². The van der Waals surface area contributed by atoms with E-state index in [-0.39, 0.29) is 12.3 Å². The van der Waals surface area contributed by atoms with Gasteiger partial charge in [-0.05, 0) is 43.7 Å². The summed E-state index contributed by atoms with van der Waals surface area (Å²) in [6.07, 6.45) is -0.840. The highest BCUT2D eigenvalue weighted by Gasteiger charge is 2.24. The van der Waals surface area contributed by atoms with Crippen molar-refractivity contribution in [3.63, 3.8) is 0 Å². The summed E-state index contributed by atoms with van der Waals surface area (Å²) in [5, 5.41) is 0. The van der Waals surface area contributed by atoms with Crippen molar-refractivity contribution in [2.24, 2.45) is 0 Å². The van der Waals surface area contributed by atoms with Gasteiger partial charge < -0.3 is 19.1 Å². The number of rotatable bonds is 8. The van der Waals surface area contributed by atoms with Crippen molar-refractivity contribution in [2.45, 2.75) is 26.4 Å². The third-order valence-corrected chi connectivity index (χ3v) is 4.10. The topological polar surface area (TPSA) is 65.1 Å². The van der Waals surface area contributed by atoms with E-state index in [1.807, 2.05) is 37.3 Å². The second-order valence-corrected chi connectivity index (χ2v) is 5.92. The lowest BCUT2D eigenvalue weighted by molar-refractivity contribution is -0.153. The zero-order valence-corrected chi connectivity index (χ0v) is 16.1. The second kappa shape index (κ2) is 9.62. The van der Waals surface area contributed by atoms with E-state index in [9.17, 15) is 9.59 Å². The molecule has 0 fully saturated rings. The average Bonchev–Trinajstić information content (AvgIpc) is 2.69. The maximum atomic E-state index is 12.7. The van der Waals surface area contributed by atoms with E-state index >= 15 is 0 Å². The lowest BCUT2D eigenvalue weighted by Gasteiger charge is -2.24. The summed E-state index contributed by atoms with van der Waals surface area (Å²) < 4.78 is 15.8. The maximum absolute atomic E-state index is 12.7. The molecular weight excluding hydrogens is 346 g/mol. The number of ether oxygens (including phenoxy) is 3. The van der Waals surface area contributed by atoms with Gasteiger partial charge in [-0.15, -0.1) is 0 Å². The number of likely N-dealkylation sites (N-methyl/N-ethyl adjacent to an activating group) is 1. The van der Waals surface area contributed by atoms with Crippen molar-refractivity contribution in [1.82, 2.24) is 0 Å². The standard InChI is InChI=1S/C21H25NO5/c1-5-22(17-9-7-6-8-10-17)21(24)15(2)27-20(23)14-16-11-12-18(25-3)19(13-16)26-4/h6-13,15H,5,14H2,1-4H3/t15-/m1/s1. The summed E-state index contributed by atoms with van der Waals surface area (Å²) in [4.78, 5) is 26.5. The van der Waals surface area contributed by atoms with Crippen LogP contribution in [0, 0.1) is 0 Å². The van der Waals surface area contributed by atoms with Crippen LogP contribution in [0.15, 0.2) is 48.5 Å². The zero-order valence-electron chi connectivity index (χ0n) is 16.1. The van der Waals surface area contributed by atoms with Crippen molar-refractivity contribution in [3.05, 3.63) is 54.1 Å². The molecule has 0 radical (unpaired) electrons. The van der Waals surface area contributed by atoms with Gasteiger partial charge in [0.05, 0.1) is 20.6 Å². The molecular formula is C21H25NO5. The molecule has 0 unspecified atom stereocenters. The Labute approximate surface area is 159 Å². The molecule has 6 heteroatoms. The van der Waals surface area contributed by atoms with Crippen LogP contribution in [-0.4, -0.2) is 38.7 Å². The Morgan fingerprint density at radius 1 is 1.00 bits per heavy atom. The minimum Gasteiger partial charge on any atom is -0.493 e. The smallest absolute Gasteiger partial charge is 0.311 e. The molecule has 6 nitrogen and oxygen atoms in total. The normalized spacial score (nSPS) is 11.4. The fourth-order valence-electron chi connectivity index (χ4n) is 2.74. The van der Waals surface area contributed by atoms with Crippen LogP contribution in [0.2, 0.25) is 0 Å². The molecule has 144 valence electrons. The van der Waals surface area contributed by atoms with Gasteiger partial charge in [0.2, 0.25) is 0 Å². The number of hydrogen-bond donors (Lipinski definition) is 0. The van der Waals surface area contributed by atoms with Crippen LogP contribution in [0.1, 0.15) is 19.4 Å². The number of anilines is 1. The molecule has 2 aromatic rings. The van der Waals surface area contributed by atoms with Crippen LogP contribution in [0.3, 0.4) is 0 Å². The molecule has 0 aliphatic heterocycles. The molecule has 0 heterocycles. The highest BCUT2D eigenvalue weighted by Crippen LogP contribution is 2.27. The van der Waals surface area contributed by atoms with Crippen LogP contribution in [0.4, 0.5) is 5.69 Å². The van der Waals surface area contributed by atoms with Crippen LogP contribution in [-0.2, 0) is 20.7 Å². The molecule has 2 aromatic carbocycles. The molecule has 0 spiro atoms. The van der Waals surface area contributed by atoms with Crippen LogP contribution in [0.5, 0.6) is 11.5 Å². The van der Waals surface area contributed by atoms with E-state index in [0.717, 1.165) is 5.69 Å². The molecule has 27 heavy (non-hydrogen) atoms. The van der Waals surface area contributed by atoms with Gasteiger partial charge in [-0.2, -0.15) is 0 Å². The highest BCUT2D eigenvalue weighted by atomic mass is 16.5. The molecule has 2 rings (SSSR count). The minimum absolute atomic E-state index is 0.0371. The number of hydrogen-bond acceptors (Lipinski definition) is 5. The van der Waals surface area contributed by atoms with Crippen molar-refractivity contribution in [2.75, 3.05) is 25.7 Å². The summed E-state index contributed by atoms with van der Waals surface area (Å²) in [5.74, 6) is 0.379. The molecule has 0 aliphatic carbocycles. The Balaban J connectivity index is 2.01. The van der Waals surface area contributed by atoms with Crippen molar-refractivity contribution < 1.29 is 23.8 Å². The molecule has 0 saturated heterocycles. The number of nitrogens with zero attached hydrogens (tertiary/aromatic N) is 1. The number of para-hydroxylation sites is 1. The van der Waals surface area contributed by atoms with Gasteiger partial charge >= 0.3 is 5.97 Å². The first-order valence-electron chi connectivity index (χ1n) is 8.77. The minimum atomic E-state index is -0.877. The Bertz CT molecular complexity index is 775. The molecule has 0 saturated carbocycles. The first-order valence-corrected chi connectivity index (χ1v) is 8.77. The molecule has 0 N–H and O–H groups in total. The van der Waals surface area contributed by atoms with Crippen molar-refractivity contribution in [1.29, 1.82) is 0 Å². The van der Waals surface area contributed by atoms with Gasteiger partial charge in [0.15, 0.2) is 17.6 Å². The average molecular weight is 371 g/mol. The van der Waals surface area contributed by atoms with Gasteiger partial charge in [0, 0.05) is 12.2 Å². The van der Waals surface area contributed by atoms with E-state index < -0.39 is 12.1 Å². The number of methoxy groups -OCH3 is 2. The summed E-state index contributed by atoms with van der Waals surface area (Å²) in [7, 11) is 3.08. The summed E-state index contributed by atoms with van der Waals surface area (Å²) in [6.45, 7) is 3.95. The SMILES string of the molecule is CCN(C(=O)[C@@H](C)OC(=O)Cc1ccc(OC)c(OC)c1)c1ccccc1. The molecule has 0 aliphatic rings. The monoisotopic (exact) mass is 371 g/mol. The third-order valence-electron chi connectivity index (χ3n) is 4.10. The number of esters is 1. The van der Waals surface area contributed by atoms with Crippen LogP contribution >= 0.6 is 0 Å². The number of carbonyl (C=O) groups is 2. The quantitative estimate of drug-likeness (QED) is 0.667. The molecule has 0 bridgehead atoms. The largest absolute Gasteiger partial charge is 0.493 e. The summed E-state index contributed by atoms with van der Waals surface area (Å²) in [6, 6.07) is 14.5. The summed E-state index contributed by atoms with van der Waals surface area (Å²) >= 11 is 0. The highest BCUT2D eigenvalue weighted by molar-refractivity contribution is 5.97.